The van der Waals surface area contributed by atoms with Crippen LogP contribution in [0.25, 0.3) is 0 Å². The van der Waals surface area contributed by atoms with Gasteiger partial charge in [-0.3, -0.25) is 0 Å². The minimum atomic E-state index is -3.96. The van der Waals surface area contributed by atoms with Crippen LogP contribution < -0.4 is 10.6 Å². The Morgan fingerprint density at radius 3 is 2.53 bits per heavy atom. The second kappa shape index (κ2) is 8.80. The number of hydrogen-bond donors (Lipinski definition) is 3. The van der Waals surface area contributed by atoms with Crippen molar-refractivity contribution in [3.05, 3.63) is 40.8 Å². The van der Waals surface area contributed by atoms with Crippen molar-refractivity contribution in [1.29, 1.82) is 0 Å². The molecule has 0 aliphatic heterocycles. The van der Waals surface area contributed by atoms with Crippen molar-refractivity contribution in [1.82, 2.24) is 13.1 Å². The number of halogens is 1. The average Bonchev–Trinajstić information content (AvgIpc) is 3.30. The summed E-state index contributed by atoms with van der Waals surface area (Å²) in [6.07, 6.45) is 0.737. The Kier molecular flexibility index (Phi) is 6.56. The van der Waals surface area contributed by atoms with E-state index in [1.807, 2.05) is 26.0 Å². The summed E-state index contributed by atoms with van der Waals surface area (Å²) < 4.78 is 40.2. The summed E-state index contributed by atoms with van der Waals surface area (Å²) in [4.78, 5) is -0.380. The van der Waals surface area contributed by atoms with Crippen LogP contribution in [0.1, 0.15) is 30.9 Å². The Labute approximate surface area is 184 Å². The molecule has 2 aromatic heterocycles. The first-order chi connectivity index (χ1) is 14.1. The number of anilines is 3. The molecule has 162 valence electrons. The fraction of sp³-hybridized carbons (Fsp3) is 0.333. The normalized spacial score (nSPS) is 12.9. The number of rotatable bonds is 8. The van der Waals surface area contributed by atoms with Gasteiger partial charge >= 0.3 is 0 Å². The van der Waals surface area contributed by atoms with Gasteiger partial charge in [-0.05, 0) is 37.6 Å². The first-order valence-corrected chi connectivity index (χ1v) is 11.6. The monoisotopic (exact) mass is 471 g/mol. The number of nitrogens with zero attached hydrogens (tertiary/aromatic N) is 3. The molecule has 0 radical (unpaired) electrons. The summed E-state index contributed by atoms with van der Waals surface area (Å²) in [6.45, 7) is 3.88. The Hall–Kier alpha value is -2.34. The van der Waals surface area contributed by atoms with Crippen molar-refractivity contribution in [2.75, 3.05) is 24.7 Å². The average molecular weight is 472 g/mol. The molecule has 0 saturated heterocycles. The lowest BCUT2D eigenvalue weighted by Gasteiger charge is -2.17. The number of aromatic hydroxyl groups is 1. The third-order valence-corrected chi connectivity index (χ3v) is 7.23. The molecule has 2 heterocycles. The summed E-state index contributed by atoms with van der Waals surface area (Å²) in [6, 6.07) is 6.52. The summed E-state index contributed by atoms with van der Waals surface area (Å²) in [5.74, 6) is 1.87. The third kappa shape index (κ3) is 4.38. The number of furan rings is 1. The smallest absolute Gasteiger partial charge is 0.247 e. The summed E-state index contributed by atoms with van der Waals surface area (Å²) in [5, 5.41) is 16.7. The maximum Gasteiger partial charge on any atom is 0.247 e. The number of benzene rings is 1. The van der Waals surface area contributed by atoms with E-state index in [1.54, 1.807) is 0 Å². The van der Waals surface area contributed by atoms with E-state index < -0.39 is 15.8 Å². The van der Waals surface area contributed by atoms with Crippen molar-refractivity contribution in [2.45, 2.75) is 31.2 Å². The molecule has 1 aromatic carbocycles. The van der Waals surface area contributed by atoms with E-state index in [0.29, 0.717) is 11.6 Å². The lowest BCUT2D eigenvalue weighted by Crippen LogP contribution is -2.22. The zero-order chi connectivity index (χ0) is 22.1. The van der Waals surface area contributed by atoms with Gasteiger partial charge in [0.2, 0.25) is 10.0 Å². The van der Waals surface area contributed by atoms with Gasteiger partial charge in [0.05, 0.1) is 28.5 Å². The number of aryl methyl sites for hydroxylation is 1. The maximum absolute atomic E-state index is 12.5. The van der Waals surface area contributed by atoms with Crippen LogP contribution in [0.4, 0.5) is 17.3 Å². The molecule has 0 spiro atoms. The molecule has 30 heavy (non-hydrogen) atoms. The number of nitrogens with one attached hydrogen (secondary N) is 2. The van der Waals surface area contributed by atoms with Gasteiger partial charge in [0.15, 0.2) is 17.4 Å². The Morgan fingerprint density at radius 2 is 1.93 bits per heavy atom. The van der Waals surface area contributed by atoms with Crippen molar-refractivity contribution < 1.29 is 17.9 Å². The molecule has 9 nitrogen and oxygen atoms in total. The highest BCUT2D eigenvalue weighted by atomic mass is 35.5. The minimum absolute atomic E-state index is 0.0827. The third-order valence-electron chi connectivity index (χ3n) is 4.39. The lowest BCUT2D eigenvalue weighted by atomic mass is 10.2. The van der Waals surface area contributed by atoms with Crippen molar-refractivity contribution >= 4 is 50.7 Å². The summed E-state index contributed by atoms with van der Waals surface area (Å²) in [7, 11) is -1.24. The number of phenolic OH excluding ortho intramolecular Hbond substituents is 1. The van der Waals surface area contributed by atoms with Gasteiger partial charge < -0.3 is 20.2 Å². The molecule has 12 heteroatoms. The van der Waals surface area contributed by atoms with E-state index in [1.165, 1.54) is 26.2 Å². The van der Waals surface area contributed by atoms with E-state index in [2.05, 4.69) is 19.4 Å². The van der Waals surface area contributed by atoms with E-state index >= 15 is 0 Å². The zero-order valence-corrected chi connectivity index (χ0v) is 19.2. The molecule has 0 amide bonds. The molecule has 3 N–H and O–H groups in total. The molecule has 1 atom stereocenters. The minimum Gasteiger partial charge on any atom is -0.504 e. The topological polar surface area (TPSA) is 121 Å². The van der Waals surface area contributed by atoms with E-state index in [4.69, 9.17) is 16.0 Å². The fourth-order valence-corrected chi connectivity index (χ4v) is 4.70. The molecule has 0 saturated carbocycles. The van der Waals surface area contributed by atoms with Gasteiger partial charge in [-0.2, -0.15) is 8.75 Å². The molecule has 0 unspecified atom stereocenters. The molecular formula is C18H22ClN5O4S2. The molecule has 3 rings (SSSR count). The van der Waals surface area contributed by atoms with Crippen molar-refractivity contribution in [3.8, 4) is 5.75 Å². The first kappa shape index (κ1) is 22.3. The van der Waals surface area contributed by atoms with Gasteiger partial charge in [0.1, 0.15) is 16.4 Å². The van der Waals surface area contributed by atoms with Gasteiger partial charge in [-0.1, -0.05) is 18.5 Å². The molecule has 3 aromatic rings. The predicted octanol–water partition coefficient (Wildman–Crippen LogP) is 4.36. The highest BCUT2D eigenvalue weighted by Crippen LogP contribution is 2.40. The molecule has 0 fully saturated rings. The van der Waals surface area contributed by atoms with Gasteiger partial charge in [0.25, 0.3) is 0 Å². The maximum atomic E-state index is 12.5. The number of sulfonamides is 1. The van der Waals surface area contributed by atoms with Crippen LogP contribution in [0, 0.1) is 6.92 Å². The van der Waals surface area contributed by atoms with Gasteiger partial charge in [0, 0.05) is 14.1 Å². The second-order valence-electron chi connectivity index (χ2n) is 6.70. The Bertz CT molecular complexity index is 1140. The van der Waals surface area contributed by atoms with E-state index in [0.717, 1.165) is 34.0 Å². The number of hydrogen-bond acceptors (Lipinski definition) is 9. The van der Waals surface area contributed by atoms with Crippen LogP contribution in [0.2, 0.25) is 5.02 Å². The summed E-state index contributed by atoms with van der Waals surface area (Å²) >= 11 is 7.03. The fourth-order valence-electron chi connectivity index (χ4n) is 2.75. The summed E-state index contributed by atoms with van der Waals surface area (Å²) in [5.41, 5.74) is 0.137. The lowest BCUT2D eigenvalue weighted by molar-refractivity contribution is 0.452. The zero-order valence-electron chi connectivity index (χ0n) is 16.8. The Balaban J connectivity index is 1.91. The first-order valence-electron chi connectivity index (χ1n) is 9.01. The quantitative estimate of drug-likeness (QED) is 0.414. The van der Waals surface area contributed by atoms with E-state index in [9.17, 15) is 13.5 Å². The van der Waals surface area contributed by atoms with Crippen molar-refractivity contribution in [2.24, 2.45) is 0 Å². The molecule has 0 bridgehead atoms. The van der Waals surface area contributed by atoms with Gasteiger partial charge in [-0.25, -0.2) is 12.7 Å². The second-order valence-corrected chi connectivity index (χ2v) is 9.72. The standard InChI is InChI=1S/C18H22ClN5O4S2/c1-5-12(14-9-6-10(2)28-14)20-17-18(23-29-22-17)21-13-8-7-11(19)16(15(13)25)30(26,27)24(3)4/h6-9,12,25H,5H2,1-4H3,(H,20,22)(H,21,23)/t12-/m1/s1. The van der Waals surface area contributed by atoms with Crippen molar-refractivity contribution in [3.63, 3.8) is 0 Å². The van der Waals surface area contributed by atoms with E-state index in [-0.39, 0.29) is 21.6 Å². The highest BCUT2D eigenvalue weighted by molar-refractivity contribution is 7.89. The van der Waals surface area contributed by atoms with Crippen LogP contribution in [-0.4, -0.2) is 40.7 Å². The largest absolute Gasteiger partial charge is 0.504 e. The molecule has 0 aliphatic carbocycles. The highest BCUT2D eigenvalue weighted by Gasteiger charge is 2.27. The Morgan fingerprint density at radius 1 is 1.23 bits per heavy atom. The SMILES string of the molecule is CC[C@@H](Nc1nsnc1Nc1ccc(Cl)c(S(=O)(=O)N(C)C)c1O)c1ccc(C)o1. The number of phenols is 1. The van der Waals surface area contributed by atoms with Crippen LogP contribution in [0.3, 0.4) is 0 Å². The van der Waals surface area contributed by atoms with Crippen LogP contribution in [0.15, 0.2) is 33.6 Å². The van der Waals surface area contributed by atoms with Crippen LogP contribution in [-0.2, 0) is 10.0 Å². The predicted molar refractivity (Wildman–Crippen MR) is 117 cm³/mol. The number of aromatic nitrogens is 2. The van der Waals surface area contributed by atoms with Crippen LogP contribution >= 0.6 is 23.3 Å². The molecular weight excluding hydrogens is 450 g/mol. The van der Waals surface area contributed by atoms with Gasteiger partial charge in [-0.15, -0.1) is 0 Å². The molecule has 0 aliphatic rings. The van der Waals surface area contributed by atoms with Crippen LogP contribution in [0.5, 0.6) is 5.75 Å².